The number of benzene rings is 2. The van der Waals surface area contributed by atoms with Crippen molar-refractivity contribution in [2.45, 2.75) is 20.5 Å². The summed E-state index contributed by atoms with van der Waals surface area (Å²) in [5.41, 5.74) is 4.67. The van der Waals surface area contributed by atoms with Crippen LogP contribution in [0.3, 0.4) is 0 Å². The van der Waals surface area contributed by atoms with E-state index >= 15 is 0 Å². The molecule has 0 atom stereocenters. The zero-order valence-electron chi connectivity index (χ0n) is 15.6. The van der Waals surface area contributed by atoms with Gasteiger partial charge in [-0.15, -0.1) is 10.2 Å². The number of nitrogens with zero attached hydrogens (tertiary/aromatic N) is 4. The van der Waals surface area contributed by atoms with Crippen molar-refractivity contribution in [3.63, 3.8) is 0 Å². The second-order valence-electron chi connectivity index (χ2n) is 5.87. The van der Waals surface area contributed by atoms with E-state index in [9.17, 15) is 0 Å². The molecule has 28 heavy (non-hydrogen) atoms. The van der Waals surface area contributed by atoms with Gasteiger partial charge in [0, 0.05) is 4.47 Å². The van der Waals surface area contributed by atoms with E-state index < -0.39 is 0 Å². The van der Waals surface area contributed by atoms with E-state index in [2.05, 4.69) is 36.7 Å². The topological polar surface area (TPSA) is 99.6 Å². The third-order valence-corrected chi connectivity index (χ3v) is 4.35. The Morgan fingerprint density at radius 1 is 1.14 bits per heavy atom. The van der Waals surface area contributed by atoms with Gasteiger partial charge in [-0.2, -0.15) is 5.10 Å². The molecule has 0 aliphatic heterocycles. The smallest absolute Gasteiger partial charge is 0.263 e. The minimum Gasteiger partial charge on any atom is -0.490 e. The van der Waals surface area contributed by atoms with Gasteiger partial charge in [0.1, 0.15) is 6.61 Å². The summed E-state index contributed by atoms with van der Waals surface area (Å²) in [7, 11) is 0. The summed E-state index contributed by atoms with van der Waals surface area (Å²) in [4.78, 5) is 0. The molecule has 0 radical (unpaired) electrons. The van der Waals surface area contributed by atoms with Crippen LogP contribution in [-0.4, -0.2) is 27.7 Å². The molecule has 1 heterocycles. The molecule has 0 unspecified atom stereocenters. The van der Waals surface area contributed by atoms with Gasteiger partial charge >= 0.3 is 0 Å². The van der Waals surface area contributed by atoms with E-state index in [1.807, 2.05) is 49.4 Å². The maximum atomic E-state index is 5.92. The number of aryl methyl sites for hydroxylation is 1. The summed E-state index contributed by atoms with van der Waals surface area (Å²) in [6.45, 7) is 4.66. The molecule has 0 amide bonds. The summed E-state index contributed by atoms with van der Waals surface area (Å²) < 4.78 is 14.0. The monoisotopic (exact) mass is 444 g/mol. The molecule has 0 fully saturated rings. The number of hydrogen-bond acceptors (Lipinski definition) is 7. The van der Waals surface area contributed by atoms with Gasteiger partial charge in [-0.25, -0.2) is 10.1 Å². The normalized spacial score (nSPS) is 11.0. The molecule has 0 saturated heterocycles. The molecule has 146 valence electrons. The largest absolute Gasteiger partial charge is 0.490 e. The fourth-order valence-corrected chi connectivity index (χ4v) is 2.61. The number of rotatable bonds is 8. The fourth-order valence-electron chi connectivity index (χ4n) is 2.34. The average molecular weight is 445 g/mol. The molecule has 0 bridgehead atoms. The van der Waals surface area contributed by atoms with Crippen LogP contribution in [0.25, 0.3) is 0 Å². The number of halogens is 1. The molecule has 3 N–H and O–H groups in total. The molecular formula is C19H21BrN6O2. The average Bonchev–Trinajstić information content (AvgIpc) is 3.01. The SMILES string of the molecule is CCOc1cc(/C=N/Nc2nnc(C)n2N)ccc1OCc1ccc(Br)cc1. The lowest BCUT2D eigenvalue weighted by atomic mass is 10.2. The van der Waals surface area contributed by atoms with Crippen LogP contribution in [0.1, 0.15) is 23.9 Å². The Hall–Kier alpha value is -3.07. The Bertz CT molecular complexity index is 956. The summed E-state index contributed by atoms with van der Waals surface area (Å²) >= 11 is 3.43. The first-order chi connectivity index (χ1) is 13.6. The predicted molar refractivity (Wildman–Crippen MR) is 112 cm³/mol. The predicted octanol–water partition coefficient (Wildman–Crippen LogP) is 3.49. The Morgan fingerprint density at radius 3 is 2.61 bits per heavy atom. The minimum atomic E-state index is 0.355. The highest BCUT2D eigenvalue weighted by molar-refractivity contribution is 9.10. The second-order valence-corrected chi connectivity index (χ2v) is 6.78. The summed E-state index contributed by atoms with van der Waals surface area (Å²) in [5.74, 6) is 8.04. The highest BCUT2D eigenvalue weighted by Crippen LogP contribution is 2.29. The lowest BCUT2D eigenvalue weighted by Crippen LogP contribution is -2.13. The molecule has 8 nitrogen and oxygen atoms in total. The minimum absolute atomic E-state index is 0.355. The van der Waals surface area contributed by atoms with Gasteiger partial charge < -0.3 is 15.3 Å². The molecule has 0 aliphatic rings. The van der Waals surface area contributed by atoms with E-state index in [4.69, 9.17) is 15.3 Å². The van der Waals surface area contributed by atoms with Crippen molar-refractivity contribution in [3.8, 4) is 11.5 Å². The Labute approximate surface area is 171 Å². The third-order valence-electron chi connectivity index (χ3n) is 3.82. The van der Waals surface area contributed by atoms with E-state index in [1.54, 1.807) is 13.1 Å². The Kier molecular flexibility index (Phi) is 6.49. The van der Waals surface area contributed by atoms with Gasteiger partial charge in [0.05, 0.1) is 12.8 Å². The highest BCUT2D eigenvalue weighted by atomic mass is 79.9. The van der Waals surface area contributed by atoms with Gasteiger partial charge in [0.25, 0.3) is 5.95 Å². The number of ether oxygens (including phenoxy) is 2. The number of aromatic nitrogens is 3. The lowest BCUT2D eigenvalue weighted by Gasteiger charge is -2.12. The number of nitrogens with one attached hydrogen (secondary N) is 1. The van der Waals surface area contributed by atoms with Crippen LogP contribution in [0.2, 0.25) is 0 Å². The van der Waals surface area contributed by atoms with Crippen molar-refractivity contribution in [2.75, 3.05) is 17.9 Å². The molecule has 2 aromatic carbocycles. The van der Waals surface area contributed by atoms with Crippen LogP contribution in [0.5, 0.6) is 11.5 Å². The maximum absolute atomic E-state index is 5.92. The molecule has 3 rings (SSSR count). The van der Waals surface area contributed by atoms with Crippen molar-refractivity contribution in [3.05, 3.63) is 63.9 Å². The van der Waals surface area contributed by atoms with E-state index in [0.717, 1.165) is 15.6 Å². The first kappa shape index (κ1) is 19.7. The third kappa shape index (κ3) is 5.01. The van der Waals surface area contributed by atoms with E-state index in [-0.39, 0.29) is 0 Å². The first-order valence-electron chi connectivity index (χ1n) is 8.67. The quantitative estimate of drug-likeness (QED) is 0.313. The summed E-state index contributed by atoms with van der Waals surface area (Å²) in [6.07, 6.45) is 1.64. The second kappa shape index (κ2) is 9.23. The lowest BCUT2D eigenvalue weighted by molar-refractivity contribution is 0.269. The molecule has 3 aromatic rings. The summed E-state index contributed by atoms with van der Waals surface area (Å²) in [6, 6.07) is 13.6. The van der Waals surface area contributed by atoms with Crippen molar-refractivity contribution < 1.29 is 9.47 Å². The number of anilines is 1. The van der Waals surface area contributed by atoms with Gasteiger partial charge in [0.15, 0.2) is 17.3 Å². The van der Waals surface area contributed by atoms with Gasteiger partial charge in [0.2, 0.25) is 0 Å². The zero-order chi connectivity index (χ0) is 19.9. The van der Waals surface area contributed by atoms with Crippen LogP contribution >= 0.6 is 15.9 Å². The van der Waals surface area contributed by atoms with Gasteiger partial charge in [-0.3, -0.25) is 0 Å². The molecule has 0 aliphatic carbocycles. The van der Waals surface area contributed by atoms with E-state index in [0.29, 0.717) is 36.5 Å². The Balaban J connectivity index is 1.68. The van der Waals surface area contributed by atoms with Crippen LogP contribution in [-0.2, 0) is 6.61 Å². The first-order valence-corrected chi connectivity index (χ1v) is 9.46. The molecule has 1 aromatic heterocycles. The highest BCUT2D eigenvalue weighted by Gasteiger charge is 2.07. The molecule has 0 saturated carbocycles. The van der Waals surface area contributed by atoms with Crippen LogP contribution < -0.4 is 20.7 Å². The number of nitrogen functional groups attached to an aromatic ring is 1. The van der Waals surface area contributed by atoms with Gasteiger partial charge in [-0.05, 0) is 55.3 Å². The van der Waals surface area contributed by atoms with Crippen LogP contribution in [0.15, 0.2) is 52.0 Å². The summed E-state index contributed by atoms with van der Waals surface area (Å²) in [5, 5.41) is 11.9. The maximum Gasteiger partial charge on any atom is 0.263 e. The fraction of sp³-hybridized carbons (Fsp3) is 0.211. The van der Waals surface area contributed by atoms with Crippen molar-refractivity contribution in [1.82, 2.24) is 14.9 Å². The standard InChI is InChI=1S/C19H21BrN6O2/c1-3-27-18-10-15(11-22-24-19-25-23-13(2)26(19)21)6-9-17(18)28-12-14-4-7-16(20)8-5-14/h4-11H,3,12,21H2,1-2H3,(H,24,25)/b22-11+. The molecule has 0 spiro atoms. The molecule has 9 heteroatoms. The Morgan fingerprint density at radius 2 is 1.93 bits per heavy atom. The van der Waals surface area contributed by atoms with Crippen molar-refractivity contribution in [2.24, 2.45) is 5.10 Å². The van der Waals surface area contributed by atoms with Crippen molar-refractivity contribution >= 4 is 28.1 Å². The van der Waals surface area contributed by atoms with Crippen LogP contribution in [0, 0.1) is 6.92 Å². The molecular weight excluding hydrogens is 424 g/mol. The number of nitrogens with two attached hydrogens (primary N) is 1. The van der Waals surface area contributed by atoms with Crippen molar-refractivity contribution in [1.29, 1.82) is 0 Å². The van der Waals surface area contributed by atoms with Crippen LogP contribution in [0.4, 0.5) is 5.95 Å². The van der Waals surface area contributed by atoms with E-state index in [1.165, 1.54) is 4.68 Å². The van der Waals surface area contributed by atoms with Gasteiger partial charge in [-0.1, -0.05) is 28.1 Å². The zero-order valence-corrected chi connectivity index (χ0v) is 17.2. The number of hydrogen-bond donors (Lipinski definition) is 2. The number of hydrazone groups is 1.